The third-order valence-electron chi connectivity index (χ3n) is 4.14. The highest BCUT2D eigenvalue weighted by Gasteiger charge is 2.19. The molecule has 1 heterocycles. The third-order valence-corrected chi connectivity index (χ3v) is 4.14. The predicted molar refractivity (Wildman–Crippen MR) is 95.8 cm³/mol. The van der Waals surface area contributed by atoms with Gasteiger partial charge in [0.05, 0.1) is 11.7 Å². The molecule has 0 aromatic heterocycles. The zero-order valence-electron chi connectivity index (χ0n) is 14.3. The number of rotatable bonds is 5. The fourth-order valence-corrected chi connectivity index (χ4v) is 2.78. The second-order valence-electron chi connectivity index (χ2n) is 6.15. The van der Waals surface area contributed by atoms with Crippen LogP contribution >= 0.6 is 0 Å². The van der Waals surface area contributed by atoms with Gasteiger partial charge < -0.3 is 20.3 Å². The van der Waals surface area contributed by atoms with Gasteiger partial charge in [0, 0.05) is 12.1 Å². The molecule has 0 saturated heterocycles. The van der Waals surface area contributed by atoms with Gasteiger partial charge in [-0.05, 0) is 37.9 Å². The SMILES string of the molecule is CN(C)[C@H](CNC(=O)c1ccc2c(c1)OCC(=O)N2)c1ccccc1. The summed E-state index contributed by atoms with van der Waals surface area (Å²) in [7, 11) is 3.97. The molecule has 2 aromatic carbocycles. The van der Waals surface area contributed by atoms with E-state index >= 15 is 0 Å². The monoisotopic (exact) mass is 339 g/mol. The molecule has 0 unspecified atom stereocenters. The van der Waals surface area contributed by atoms with Crippen molar-refractivity contribution in [3.05, 3.63) is 59.7 Å². The highest BCUT2D eigenvalue weighted by atomic mass is 16.5. The minimum absolute atomic E-state index is 0.0330. The van der Waals surface area contributed by atoms with E-state index in [1.165, 1.54) is 0 Å². The largest absolute Gasteiger partial charge is 0.482 e. The van der Waals surface area contributed by atoms with Gasteiger partial charge in [-0.2, -0.15) is 0 Å². The van der Waals surface area contributed by atoms with Gasteiger partial charge in [0.15, 0.2) is 6.61 Å². The number of carbonyl (C=O) groups excluding carboxylic acids is 2. The Kier molecular flexibility index (Phi) is 5.00. The lowest BCUT2D eigenvalue weighted by Crippen LogP contribution is -2.34. The zero-order chi connectivity index (χ0) is 17.8. The summed E-state index contributed by atoms with van der Waals surface area (Å²) in [5.41, 5.74) is 2.23. The van der Waals surface area contributed by atoms with Crippen molar-refractivity contribution in [1.82, 2.24) is 10.2 Å². The summed E-state index contributed by atoms with van der Waals surface area (Å²) in [6.45, 7) is 0.458. The summed E-state index contributed by atoms with van der Waals surface area (Å²) in [6.07, 6.45) is 0. The van der Waals surface area contributed by atoms with Crippen molar-refractivity contribution in [2.24, 2.45) is 0 Å². The first-order valence-electron chi connectivity index (χ1n) is 8.11. The van der Waals surface area contributed by atoms with E-state index in [4.69, 9.17) is 4.74 Å². The maximum absolute atomic E-state index is 12.5. The maximum atomic E-state index is 12.5. The van der Waals surface area contributed by atoms with Crippen LogP contribution in [0.15, 0.2) is 48.5 Å². The first-order chi connectivity index (χ1) is 12.0. The van der Waals surface area contributed by atoms with Gasteiger partial charge in [-0.3, -0.25) is 9.59 Å². The van der Waals surface area contributed by atoms with Gasteiger partial charge in [-0.1, -0.05) is 30.3 Å². The van der Waals surface area contributed by atoms with Gasteiger partial charge in [-0.25, -0.2) is 0 Å². The first-order valence-corrected chi connectivity index (χ1v) is 8.11. The lowest BCUT2D eigenvalue weighted by Gasteiger charge is -2.25. The van der Waals surface area contributed by atoms with Crippen molar-refractivity contribution in [3.8, 4) is 5.75 Å². The molecule has 3 rings (SSSR count). The zero-order valence-corrected chi connectivity index (χ0v) is 14.3. The number of carbonyl (C=O) groups is 2. The molecule has 1 aliphatic heterocycles. The fraction of sp³-hybridized carbons (Fsp3) is 0.263. The number of amides is 2. The molecule has 0 fully saturated rings. The van der Waals surface area contributed by atoms with Crippen LogP contribution in [0.5, 0.6) is 5.75 Å². The van der Waals surface area contributed by atoms with Crippen LogP contribution < -0.4 is 15.4 Å². The number of hydrogen-bond donors (Lipinski definition) is 2. The van der Waals surface area contributed by atoms with E-state index in [1.54, 1.807) is 18.2 Å². The van der Waals surface area contributed by atoms with Crippen LogP contribution in [0.4, 0.5) is 5.69 Å². The van der Waals surface area contributed by atoms with Crippen molar-refractivity contribution in [1.29, 1.82) is 0 Å². The van der Waals surface area contributed by atoms with Crippen molar-refractivity contribution in [2.45, 2.75) is 6.04 Å². The minimum Gasteiger partial charge on any atom is -0.482 e. The molecule has 1 atom stereocenters. The van der Waals surface area contributed by atoms with Gasteiger partial charge >= 0.3 is 0 Å². The average molecular weight is 339 g/mol. The summed E-state index contributed by atoms with van der Waals surface area (Å²) in [5, 5.41) is 5.68. The quantitative estimate of drug-likeness (QED) is 0.875. The molecular weight excluding hydrogens is 318 g/mol. The normalized spacial score (nSPS) is 14.3. The molecule has 6 nitrogen and oxygen atoms in total. The molecule has 2 aromatic rings. The van der Waals surface area contributed by atoms with Crippen LogP contribution in [0.2, 0.25) is 0 Å². The number of anilines is 1. The molecular formula is C19H21N3O3. The summed E-state index contributed by atoms with van der Waals surface area (Å²) in [4.78, 5) is 25.9. The van der Waals surface area contributed by atoms with E-state index in [9.17, 15) is 9.59 Å². The third kappa shape index (κ3) is 3.97. The molecule has 130 valence electrons. The van der Waals surface area contributed by atoms with E-state index < -0.39 is 0 Å². The lowest BCUT2D eigenvalue weighted by atomic mass is 10.1. The molecule has 0 radical (unpaired) electrons. The van der Waals surface area contributed by atoms with Crippen molar-refractivity contribution in [3.63, 3.8) is 0 Å². The van der Waals surface area contributed by atoms with Crippen LogP contribution in [0.3, 0.4) is 0 Å². The van der Waals surface area contributed by atoms with Gasteiger partial charge in [0.1, 0.15) is 5.75 Å². The molecule has 0 saturated carbocycles. The number of hydrogen-bond acceptors (Lipinski definition) is 4. The molecule has 0 spiro atoms. The summed E-state index contributed by atoms with van der Waals surface area (Å²) >= 11 is 0. The van der Waals surface area contributed by atoms with E-state index in [2.05, 4.69) is 15.5 Å². The fourth-order valence-electron chi connectivity index (χ4n) is 2.78. The average Bonchev–Trinajstić information content (AvgIpc) is 2.62. The molecule has 2 N–H and O–H groups in total. The molecule has 0 aliphatic carbocycles. The Morgan fingerprint density at radius 2 is 2.00 bits per heavy atom. The van der Waals surface area contributed by atoms with Crippen molar-refractivity contribution in [2.75, 3.05) is 32.6 Å². The van der Waals surface area contributed by atoms with E-state index in [0.29, 0.717) is 23.5 Å². The summed E-state index contributed by atoms with van der Waals surface area (Å²) in [5.74, 6) is 0.145. The van der Waals surface area contributed by atoms with Gasteiger partial charge in [0.25, 0.3) is 11.8 Å². The minimum atomic E-state index is -0.193. The molecule has 0 bridgehead atoms. The van der Waals surface area contributed by atoms with Gasteiger partial charge in [-0.15, -0.1) is 0 Å². The highest BCUT2D eigenvalue weighted by Crippen LogP contribution is 2.28. The van der Waals surface area contributed by atoms with E-state index in [-0.39, 0.29) is 24.5 Å². The number of nitrogens with zero attached hydrogens (tertiary/aromatic N) is 1. The summed E-state index contributed by atoms with van der Waals surface area (Å²) in [6, 6.07) is 15.1. The second kappa shape index (κ2) is 7.36. The van der Waals surface area contributed by atoms with Gasteiger partial charge in [0.2, 0.25) is 0 Å². The first kappa shape index (κ1) is 17.0. The number of ether oxygens (including phenoxy) is 1. The maximum Gasteiger partial charge on any atom is 0.262 e. The Hall–Kier alpha value is -2.86. The van der Waals surface area contributed by atoms with Crippen molar-refractivity contribution < 1.29 is 14.3 Å². The molecule has 1 aliphatic rings. The van der Waals surface area contributed by atoms with Crippen LogP contribution in [0.25, 0.3) is 0 Å². The van der Waals surface area contributed by atoms with Crippen LogP contribution in [-0.4, -0.2) is 44.0 Å². The topological polar surface area (TPSA) is 70.7 Å². The van der Waals surface area contributed by atoms with Crippen molar-refractivity contribution >= 4 is 17.5 Å². The second-order valence-corrected chi connectivity index (χ2v) is 6.15. The van der Waals surface area contributed by atoms with E-state index in [0.717, 1.165) is 5.56 Å². The standard InChI is InChI=1S/C19H21N3O3/c1-22(2)16(13-6-4-3-5-7-13)11-20-19(24)14-8-9-15-17(10-14)25-12-18(23)21-15/h3-10,16H,11-12H2,1-2H3,(H,20,24)(H,21,23)/t16-/m1/s1. The highest BCUT2D eigenvalue weighted by molar-refractivity contribution is 5.99. The Morgan fingerprint density at radius 1 is 1.24 bits per heavy atom. The number of nitrogens with one attached hydrogen (secondary N) is 2. The number of likely N-dealkylation sites (N-methyl/N-ethyl adjacent to an activating group) is 1. The van der Waals surface area contributed by atoms with Crippen LogP contribution in [0.1, 0.15) is 22.0 Å². The number of benzene rings is 2. The predicted octanol–water partition coefficient (Wildman–Crippen LogP) is 2.05. The molecule has 2 amide bonds. The summed E-state index contributed by atoms with van der Waals surface area (Å²) < 4.78 is 5.36. The lowest BCUT2D eigenvalue weighted by molar-refractivity contribution is -0.118. The number of fused-ring (bicyclic) bond motifs is 1. The Labute approximate surface area is 146 Å². The smallest absolute Gasteiger partial charge is 0.262 e. The molecule has 6 heteroatoms. The Morgan fingerprint density at radius 3 is 2.72 bits per heavy atom. The Balaban J connectivity index is 1.68. The van der Waals surface area contributed by atoms with E-state index in [1.807, 2.05) is 44.4 Å². The molecule has 25 heavy (non-hydrogen) atoms. The van der Waals surface area contributed by atoms with Crippen LogP contribution in [0, 0.1) is 0 Å². The Bertz CT molecular complexity index is 775. The van der Waals surface area contributed by atoms with Crippen LogP contribution in [-0.2, 0) is 4.79 Å².